The van der Waals surface area contributed by atoms with E-state index in [1.807, 2.05) is 0 Å². The van der Waals surface area contributed by atoms with Crippen LogP contribution >= 0.6 is 0 Å². The molecule has 5 heteroatoms. The van der Waals surface area contributed by atoms with E-state index in [2.05, 4.69) is 13.2 Å². The summed E-state index contributed by atoms with van der Waals surface area (Å²) in [6, 6.07) is 0. The fraction of sp³-hybridized carbons (Fsp3) is 0. The van der Waals surface area contributed by atoms with E-state index in [0.29, 0.717) is 0 Å². The van der Waals surface area contributed by atoms with Crippen LogP contribution in [0.25, 0.3) is 0 Å². The Morgan fingerprint density at radius 3 is 0.857 bits per heavy atom. The van der Waals surface area contributed by atoms with Crippen LogP contribution in [0.2, 0.25) is 0 Å². The number of hydrogen-bond donors (Lipinski definition) is 0. The van der Waals surface area contributed by atoms with Gasteiger partial charge in [-0.05, 0) is 0 Å². The molecule has 0 aliphatic carbocycles. The smallest absolute Gasteiger partial charge is 0.418 e. The lowest BCUT2D eigenvalue weighted by atomic mass is 10.3. The van der Waals surface area contributed by atoms with Gasteiger partial charge in [-0.1, -0.05) is 0 Å². The first kappa shape index (κ1) is 9.73. The summed E-state index contributed by atoms with van der Waals surface area (Å²) >= 11 is 0. The quantitative estimate of drug-likeness (QED) is 0.257. The van der Waals surface area contributed by atoms with E-state index in [1.54, 1.807) is 0 Å². The van der Waals surface area contributed by atoms with Crippen molar-refractivity contribution in [1.29, 1.82) is 0 Å². The van der Waals surface area contributed by atoms with Crippen LogP contribution in [-0.2, 0) is 0 Å². The molecule has 0 nitrogen and oxygen atoms in total. The van der Waals surface area contributed by atoms with Crippen molar-refractivity contribution in [3.05, 3.63) is 13.2 Å². The maximum Gasteiger partial charge on any atom is 0.673 e. The molecule has 0 aromatic carbocycles. The standard InChI is InChI=1S/C2H4.BF4/c1-2;2-1(3,4)5/h1-2H2;/q;-1. The highest BCUT2D eigenvalue weighted by atomic mass is 19.5. The number of halogens is 4. The zero-order chi connectivity index (χ0) is 6.50. The minimum atomic E-state index is -6.00. The van der Waals surface area contributed by atoms with E-state index < -0.39 is 7.25 Å². The van der Waals surface area contributed by atoms with Gasteiger partial charge < -0.3 is 17.3 Å². The summed E-state index contributed by atoms with van der Waals surface area (Å²) in [5.41, 5.74) is 0. The van der Waals surface area contributed by atoms with Crippen molar-refractivity contribution >= 4 is 7.25 Å². The molecule has 0 unspecified atom stereocenters. The van der Waals surface area contributed by atoms with Gasteiger partial charge in [0.25, 0.3) is 0 Å². The molecule has 0 aliphatic heterocycles. The normalized spacial score (nSPS) is 9.14. The van der Waals surface area contributed by atoms with Gasteiger partial charge in [-0.15, -0.1) is 13.2 Å². The molecule has 0 radical (unpaired) electrons. The van der Waals surface area contributed by atoms with Gasteiger partial charge in [-0.25, -0.2) is 0 Å². The van der Waals surface area contributed by atoms with E-state index in [-0.39, 0.29) is 0 Å². The Kier molecular flexibility index (Phi) is 5.15. The van der Waals surface area contributed by atoms with Gasteiger partial charge in [0.15, 0.2) is 0 Å². The molecule has 0 aromatic heterocycles. The third-order valence-corrected chi connectivity index (χ3v) is 0. The van der Waals surface area contributed by atoms with Crippen LogP contribution in [0.1, 0.15) is 0 Å². The van der Waals surface area contributed by atoms with E-state index in [9.17, 15) is 17.3 Å². The van der Waals surface area contributed by atoms with Gasteiger partial charge in [-0.3, -0.25) is 0 Å². The van der Waals surface area contributed by atoms with Gasteiger partial charge in [0.1, 0.15) is 0 Å². The first-order chi connectivity index (χ1) is 3.00. The SMILES string of the molecule is C=C.F[B-](F)(F)F. The van der Waals surface area contributed by atoms with Crippen molar-refractivity contribution < 1.29 is 17.3 Å². The van der Waals surface area contributed by atoms with E-state index >= 15 is 0 Å². The monoisotopic (exact) mass is 115 g/mol. The third-order valence-electron chi connectivity index (χ3n) is 0. The van der Waals surface area contributed by atoms with E-state index in [0.717, 1.165) is 0 Å². The molecule has 0 heterocycles. The van der Waals surface area contributed by atoms with Crippen molar-refractivity contribution in [2.75, 3.05) is 0 Å². The van der Waals surface area contributed by atoms with Gasteiger partial charge in [0.05, 0.1) is 0 Å². The van der Waals surface area contributed by atoms with Crippen LogP contribution in [0.15, 0.2) is 13.2 Å². The summed E-state index contributed by atoms with van der Waals surface area (Å²) in [5, 5.41) is 0. The molecule has 0 saturated carbocycles. The molecule has 44 valence electrons. The average Bonchev–Trinajstić information content (AvgIpc) is 1.36. The van der Waals surface area contributed by atoms with Crippen LogP contribution in [0.5, 0.6) is 0 Å². The molecule has 0 fully saturated rings. The molecule has 7 heavy (non-hydrogen) atoms. The molecule has 0 saturated heterocycles. The van der Waals surface area contributed by atoms with Gasteiger partial charge in [0.2, 0.25) is 0 Å². The second-order valence-corrected chi connectivity index (χ2v) is 0.495. The summed E-state index contributed by atoms with van der Waals surface area (Å²) in [6.45, 7) is 6.00. The maximum atomic E-state index is 9.75. The lowest BCUT2D eigenvalue weighted by molar-refractivity contribution is 0.368. The van der Waals surface area contributed by atoms with E-state index in [1.165, 1.54) is 0 Å². The molecule has 0 bridgehead atoms. The van der Waals surface area contributed by atoms with Crippen molar-refractivity contribution in [3.63, 3.8) is 0 Å². The molecule has 0 amide bonds. The molecule has 0 aromatic rings. The van der Waals surface area contributed by atoms with Crippen LogP contribution in [0, 0.1) is 0 Å². The minimum absolute atomic E-state index is 3.00. The van der Waals surface area contributed by atoms with Crippen LogP contribution in [-0.4, -0.2) is 7.25 Å². The zero-order valence-corrected chi connectivity index (χ0v) is 3.50. The van der Waals surface area contributed by atoms with Crippen molar-refractivity contribution in [3.8, 4) is 0 Å². The summed E-state index contributed by atoms with van der Waals surface area (Å²) in [6.07, 6.45) is 0. The fourth-order valence-electron chi connectivity index (χ4n) is 0. The molecule has 0 atom stereocenters. The van der Waals surface area contributed by atoms with Gasteiger partial charge in [0, 0.05) is 0 Å². The van der Waals surface area contributed by atoms with E-state index in [4.69, 9.17) is 0 Å². The Labute approximate surface area is 38.9 Å². The van der Waals surface area contributed by atoms with Crippen LogP contribution in [0.4, 0.5) is 17.3 Å². The highest BCUT2D eigenvalue weighted by molar-refractivity contribution is 6.50. The molecular formula is C2H4BF4-. The molecule has 0 aliphatic rings. The van der Waals surface area contributed by atoms with Crippen molar-refractivity contribution in [2.24, 2.45) is 0 Å². The Hall–Kier alpha value is -0.475. The number of hydrogen-bond acceptors (Lipinski definition) is 0. The summed E-state index contributed by atoms with van der Waals surface area (Å²) in [4.78, 5) is 0. The van der Waals surface area contributed by atoms with Crippen molar-refractivity contribution in [2.45, 2.75) is 0 Å². The summed E-state index contributed by atoms with van der Waals surface area (Å²) < 4.78 is 39.0. The lowest BCUT2D eigenvalue weighted by Crippen LogP contribution is -2.02. The Bertz CT molecular complexity index is 33.4. The second kappa shape index (κ2) is 3.71. The predicted octanol–water partition coefficient (Wildman–Crippen LogP) is 2.10. The van der Waals surface area contributed by atoms with Gasteiger partial charge in [-0.2, -0.15) is 0 Å². The predicted molar refractivity (Wildman–Crippen MR) is 21.4 cm³/mol. The molecular weight excluding hydrogens is 111 g/mol. The van der Waals surface area contributed by atoms with Crippen LogP contribution in [0.3, 0.4) is 0 Å². The topological polar surface area (TPSA) is 0 Å². The zero-order valence-electron chi connectivity index (χ0n) is 3.50. The highest BCUT2D eigenvalue weighted by Gasteiger charge is 2.20. The summed E-state index contributed by atoms with van der Waals surface area (Å²) in [5.74, 6) is 0. The Morgan fingerprint density at radius 1 is 0.857 bits per heavy atom. The molecule has 0 N–H and O–H groups in total. The van der Waals surface area contributed by atoms with Gasteiger partial charge >= 0.3 is 7.25 Å². The minimum Gasteiger partial charge on any atom is -0.418 e. The fourth-order valence-corrected chi connectivity index (χ4v) is 0. The molecule has 0 rings (SSSR count). The Morgan fingerprint density at radius 2 is 0.857 bits per heavy atom. The first-order valence-corrected chi connectivity index (χ1v) is 1.37. The number of rotatable bonds is 0. The second-order valence-electron chi connectivity index (χ2n) is 0.495. The molecule has 0 spiro atoms. The first-order valence-electron chi connectivity index (χ1n) is 1.37. The average molecular weight is 115 g/mol. The largest absolute Gasteiger partial charge is 0.673 e. The van der Waals surface area contributed by atoms with Crippen LogP contribution < -0.4 is 0 Å². The summed E-state index contributed by atoms with van der Waals surface area (Å²) in [7, 11) is -6.00. The lowest BCUT2D eigenvalue weighted by Gasteiger charge is -1.94. The highest BCUT2D eigenvalue weighted by Crippen LogP contribution is 2.06. The van der Waals surface area contributed by atoms with Crippen molar-refractivity contribution in [1.82, 2.24) is 0 Å². The Balaban J connectivity index is 0. The maximum absolute atomic E-state index is 9.75. The third kappa shape index (κ3) is 304.